The molecule has 10 heteroatoms. The fourth-order valence-corrected chi connectivity index (χ4v) is 4.42. The lowest BCUT2D eigenvalue weighted by molar-refractivity contribution is 0.536. The van der Waals surface area contributed by atoms with Crippen LogP contribution in [0.25, 0.3) is 0 Å². The third-order valence-corrected chi connectivity index (χ3v) is 6.15. The second-order valence-electron chi connectivity index (χ2n) is 6.68. The largest absolute Gasteiger partial charge is 0.371 e. The van der Waals surface area contributed by atoms with Gasteiger partial charge in [0.1, 0.15) is 5.82 Å². The van der Waals surface area contributed by atoms with Gasteiger partial charge in [-0.15, -0.1) is 0 Å². The molecule has 1 aliphatic rings. The lowest BCUT2D eigenvalue weighted by Crippen LogP contribution is -2.42. The first kappa shape index (κ1) is 19.3. The number of hydrogen-bond acceptors (Lipinski definition) is 5. The molecule has 0 radical (unpaired) electrons. The smallest absolute Gasteiger partial charge is 0.330 e. The Labute approximate surface area is 155 Å². The van der Waals surface area contributed by atoms with Crippen molar-refractivity contribution in [1.82, 2.24) is 13.9 Å². The molecule has 1 N–H and O–H groups in total. The van der Waals surface area contributed by atoms with Crippen molar-refractivity contribution in [3.05, 3.63) is 57.1 Å². The molecule has 0 aliphatic carbocycles. The van der Waals surface area contributed by atoms with Crippen molar-refractivity contribution in [2.75, 3.05) is 24.5 Å². The Hall–Kier alpha value is -2.46. The van der Waals surface area contributed by atoms with Gasteiger partial charge in [0.15, 0.2) is 4.90 Å². The van der Waals surface area contributed by atoms with E-state index >= 15 is 0 Å². The minimum atomic E-state index is -4.04. The lowest BCUT2D eigenvalue weighted by Gasteiger charge is -2.19. The molecule has 1 fully saturated rings. The van der Waals surface area contributed by atoms with E-state index in [2.05, 4.69) is 9.62 Å². The highest BCUT2D eigenvalue weighted by Gasteiger charge is 2.26. The molecule has 1 unspecified atom stereocenters. The Balaban J connectivity index is 1.69. The number of nitrogens with zero attached hydrogens (tertiary/aromatic N) is 3. The zero-order chi connectivity index (χ0) is 19.8. The normalized spacial score (nSPS) is 17.4. The Kier molecular flexibility index (Phi) is 5.20. The van der Waals surface area contributed by atoms with E-state index in [1.54, 1.807) is 12.1 Å². The van der Waals surface area contributed by atoms with Crippen molar-refractivity contribution in [2.24, 2.45) is 20.0 Å². The number of hydrogen-bond donors (Lipinski definition) is 1. The molecule has 0 amide bonds. The minimum absolute atomic E-state index is 0.0567. The molecule has 2 aromatic rings. The summed E-state index contributed by atoms with van der Waals surface area (Å²) in [5.74, 6) is -0.248. The molecule has 1 aliphatic heterocycles. The molecule has 0 spiro atoms. The average molecular weight is 396 g/mol. The van der Waals surface area contributed by atoms with Crippen molar-refractivity contribution in [1.29, 1.82) is 0 Å². The van der Waals surface area contributed by atoms with Crippen LogP contribution in [0.15, 0.2) is 44.9 Å². The van der Waals surface area contributed by atoms with Crippen molar-refractivity contribution in [3.63, 3.8) is 0 Å². The molecular formula is C17H21FN4O4S. The molecule has 3 rings (SSSR count). The van der Waals surface area contributed by atoms with E-state index in [9.17, 15) is 22.4 Å². The van der Waals surface area contributed by atoms with Gasteiger partial charge in [0.25, 0.3) is 5.56 Å². The Morgan fingerprint density at radius 1 is 1.19 bits per heavy atom. The van der Waals surface area contributed by atoms with E-state index in [1.165, 1.54) is 26.2 Å². The summed E-state index contributed by atoms with van der Waals surface area (Å²) in [6, 6.07) is 6.16. The Bertz CT molecular complexity index is 1060. The van der Waals surface area contributed by atoms with E-state index < -0.39 is 26.2 Å². The van der Waals surface area contributed by atoms with Crippen molar-refractivity contribution in [2.45, 2.75) is 11.3 Å². The van der Waals surface area contributed by atoms with Crippen LogP contribution < -0.4 is 20.9 Å². The number of nitrogens with one attached hydrogen (secondary N) is 1. The minimum Gasteiger partial charge on any atom is -0.371 e. The first-order chi connectivity index (χ1) is 12.7. The van der Waals surface area contributed by atoms with Gasteiger partial charge in [0.05, 0.1) is 0 Å². The summed E-state index contributed by atoms with van der Waals surface area (Å²) in [6.07, 6.45) is 1.80. The second-order valence-corrected chi connectivity index (χ2v) is 8.42. The van der Waals surface area contributed by atoms with Crippen LogP contribution in [0.1, 0.15) is 6.42 Å². The highest BCUT2D eigenvalue weighted by atomic mass is 32.2. The summed E-state index contributed by atoms with van der Waals surface area (Å²) in [7, 11) is -1.41. The van der Waals surface area contributed by atoms with E-state index in [0.717, 1.165) is 34.0 Å². The van der Waals surface area contributed by atoms with E-state index in [-0.39, 0.29) is 18.3 Å². The molecule has 1 saturated heterocycles. The highest BCUT2D eigenvalue weighted by Crippen LogP contribution is 2.23. The number of aryl methyl sites for hydroxylation is 1. The zero-order valence-corrected chi connectivity index (χ0v) is 15.9. The molecule has 1 atom stereocenters. The van der Waals surface area contributed by atoms with Gasteiger partial charge in [-0.1, -0.05) is 0 Å². The number of aromatic nitrogens is 2. The SMILES string of the molecule is Cn1cc(S(=O)(=O)NCC2CCN(c3ccc(F)cc3)C2)c(=O)n(C)c1=O. The summed E-state index contributed by atoms with van der Waals surface area (Å²) in [4.78, 5) is 25.5. The standard InChI is InChI=1S/C17H21FN4O4S/c1-20-11-15(16(23)21(2)17(20)24)27(25,26)19-9-12-7-8-22(10-12)14-5-3-13(18)4-6-14/h3-6,11-12,19H,7-10H2,1-2H3. The van der Waals surface area contributed by atoms with Gasteiger partial charge in [0, 0.05) is 45.6 Å². The molecule has 1 aromatic heterocycles. The lowest BCUT2D eigenvalue weighted by atomic mass is 10.1. The topological polar surface area (TPSA) is 93.4 Å². The van der Waals surface area contributed by atoms with Crippen LogP contribution in [0.5, 0.6) is 0 Å². The van der Waals surface area contributed by atoms with E-state index in [0.29, 0.717) is 6.54 Å². The predicted octanol–water partition coefficient (Wildman–Crippen LogP) is 0.0279. The van der Waals surface area contributed by atoms with Crippen LogP contribution in [-0.4, -0.2) is 37.2 Å². The van der Waals surface area contributed by atoms with Crippen LogP contribution in [0.2, 0.25) is 0 Å². The first-order valence-corrected chi connectivity index (χ1v) is 9.94. The summed E-state index contributed by atoms with van der Waals surface area (Å²) in [6.45, 7) is 1.53. The number of rotatable bonds is 5. The number of halogens is 1. The van der Waals surface area contributed by atoms with Gasteiger partial charge in [-0.05, 0) is 36.6 Å². The van der Waals surface area contributed by atoms with Crippen LogP contribution in [0.3, 0.4) is 0 Å². The molecule has 146 valence electrons. The summed E-state index contributed by atoms with van der Waals surface area (Å²) >= 11 is 0. The quantitative estimate of drug-likeness (QED) is 0.770. The predicted molar refractivity (Wildman–Crippen MR) is 98.8 cm³/mol. The van der Waals surface area contributed by atoms with Gasteiger partial charge in [-0.2, -0.15) is 0 Å². The summed E-state index contributed by atoms with van der Waals surface area (Å²) < 4.78 is 42.4. The fraction of sp³-hybridized carbons (Fsp3) is 0.412. The van der Waals surface area contributed by atoms with E-state index in [1.807, 2.05) is 0 Å². The summed E-state index contributed by atoms with van der Waals surface area (Å²) in [5.41, 5.74) is -0.566. The number of benzene rings is 1. The molecule has 0 saturated carbocycles. The Morgan fingerprint density at radius 3 is 2.52 bits per heavy atom. The molecule has 1 aromatic carbocycles. The van der Waals surface area contributed by atoms with Gasteiger partial charge in [0.2, 0.25) is 10.0 Å². The maximum absolute atomic E-state index is 13.0. The molecular weight excluding hydrogens is 375 g/mol. The molecule has 8 nitrogen and oxygen atoms in total. The third-order valence-electron chi connectivity index (χ3n) is 4.74. The molecule has 27 heavy (non-hydrogen) atoms. The van der Waals surface area contributed by atoms with Gasteiger partial charge in [-0.3, -0.25) is 9.36 Å². The summed E-state index contributed by atoms with van der Waals surface area (Å²) in [5, 5.41) is 0. The third kappa shape index (κ3) is 3.96. The van der Waals surface area contributed by atoms with Crippen LogP contribution in [0.4, 0.5) is 10.1 Å². The average Bonchev–Trinajstić information content (AvgIpc) is 3.11. The van der Waals surface area contributed by atoms with Crippen molar-refractivity contribution < 1.29 is 12.8 Å². The van der Waals surface area contributed by atoms with Crippen LogP contribution >= 0.6 is 0 Å². The van der Waals surface area contributed by atoms with Crippen molar-refractivity contribution >= 4 is 15.7 Å². The van der Waals surface area contributed by atoms with Crippen LogP contribution in [0, 0.1) is 11.7 Å². The fourth-order valence-electron chi connectivity index (χ4n) is 3.15. The van der Waals surface area contributed by atoms with Gasteiger partial charge >= 0.3 is 5.69 Å². The first-order valence-electron chi connectivity index (χ1n) is 8.46. The van der Waals surface area contributed by atoms with Gasteiger partial charge in [-0.25, -0.2) is 22.3 Å². The Morgan fingerprint density at radius 2 is 1.85 bits per heavy atom. The number of sulfonamides is 1. The maximum atomic E-state index is 13.0. The van der Waals surface area contributed by atoms with Gasteiger partial charge < -0.3 is 9.47 Å². The van der Waals surface area contributed by atoms with E-state index in [4.69, 9.17) is 0 Å². The molecule has 2 heterocycles. The highest BCUT2D eigenvalue weighted by molar-refractivity contribution is 7.89. The van der Waals surface area contributed by atoms with Crippen molar-refractivity contribution in [3.8, 4) is 0 Å². The molecule has 0 bridgehead atoms. The number of anilines is 1. The van der Waals surface area contributed by atoms with Crippen LogP contribution in [-0.2, 0) is 24.1 Å². The zero-order valence-electron chi connectivity index (χ0n) is 15.1. The monoisotopic (exact) mass is 396 g/mol. The maximum Gasteiger partial charge on any atom is 0.330 e. The second kappa shape index (κ2) is 7.28.